The fourth-order valence-electron chi connectivity index (χ4n) is 0.895. The molecule has 1 rings (SSSR count). The van der Waals surface area contributed by atoms with Crippen LogP contribution in [-0.4, -0.2) is 19.5 Å². The van der Waals surface area contributed by atoms with E-state index in [4.69, 9.17) is 5.11 Å². The van der Waals surface area contributed by atoms with Crippen molar-refractivity contribution in [2.24, 2.45) is 0 Å². The van der Waals surface area contributed by atoms with Gasteiger partial charge >= 0.3 is 5.97 Å². The van der Waals surface area contributed by atoms with E-state index in [2.05, 4.69) is 0 Å². The van der Waals surface area contributed by atoms with Gasteiger partial charge in [0.15, 0.2) is 0 Å². The van der Waals surface area contributed by atoms with Gasteiger partial charge in [-0.2, -0.15) is 0 Å². The summed E-state index contributed by atoms with van der Waals surface area (Å²) >= 11 is 0. The first-order valence-electron chi connectivity index (χ1n) is 3.55. The van der Waals surface area contributed by atoms with Gasteiger partial charge in [0.2, 0.25) is 10.9 Å². The van der Waals surface area contributed by atoms with E-state index in [1.807, 2.05) is 0 Å². The van der Waals surface area contributed by atoms with Crippen LogP contribution in [0.1, 0.15) is 10.4 Å². The second kappa shape index (κ2) is 4.22. The van der Waals surface area contributed by atoms with Crippen molar-refractivity contribution < 1.29 is 27.1 Å². The topological polar surface area (TPSA) is 83.5 Å². The van der Waals surface area contributed by atoms with Crippen molar-refractivity contribution in [3.8, 4) is 0 Å². The smallest absolute Gasteiger partial charge is 0.338 e. The third kappa shape index (κ3) is 2.62. The summed E-state index contributed by atoms with van der Waals surface area (Å²) in [6.07, 6.45) is 0. The number of halogens is 2. The Hall–Kier alpha value is -1.70. The van der Waals surface area contributed by atoms with Crippen LogP contribution >= 0.6 is 0 Å². The van der Waals surface area contributed by atoms with Crippen molar-refractivity contribution in [1.29, 1.82) is 0 Å². The van der Waals surface area contributed by atoms with Gasteiger partial charge in [-0.25, -0.2) is 22.0 Å². The van der Waals surface area contributed by atoms with Gasteiger partial charge in [0.05, 0.1) is 11.3 Å². The normalized spacial score (nSPS) is 10.3. The standard InChI is InChI=1S/C7H5F2NO4S/c8-4-2-6(10-15(13)14)5(9)1-3(4)7(11)12/h1-2,15H,(H,11,12)(H,10,13,14). The predicted molar refractivity (Wildman–Crippen MR) is 47.3 cm³/mol. The van der Waals surface area contributed by atoms with Gasteiger partial charge in [0.1, 0.15) is 11.6 Å². The summed E-state index contributed by atoms with van der Waals surface area (Å²) in [5.74, 6) is -4.01. The molecule has 2 N–H and O–H groups in total. The molecule has 0 aliphatic heterocycles. The molecule has 0 amide bonds. The third-order valence-corrected chi connectivity index (χ3v) is 1.92. The lowest BCUT2D eigenvalue weighted by Crippen LogP contribution is -2.05. The number of nitrogens with one attached hydrogen (secondary N) is 1. The fraction of sp³-hybridized carbons (Fsp3) is 0. The molecule has 0 atom stereocenters. The van der Waals surface area contributed by atoms with Crippen LogP contribution in [0.25, 0.3) is 0 Å². The molecule has 5 nitrogen and oxygen atoms in total. The molecule has 0 heterocycles. The van der Waals surface area contributed by atoms with E-state index >= 15 is 0 Å². The lowest BCUT2D eigenvalue weighted by Gasteiger charge is -2.03. The Morgan fingerprint density at radius 3 is 2.33 bits per heavy atom. The zero-order valence-corrected chi connectivity index (χ0v) is 7.92. The van der Waals surface area contributed by atoms with E-state index < -0.39 is 39.7 Å². The first kappa shape index (κ1) is 11.4. The molecule has 0 bridgehead atoms. The van der Waals surface area contributed by atoms with E-state index in [1.165, 1.54) is 0 Å². The summed E-state index contributed by atoms with van der Waals surface area (Å²) in [5.41, 5.74) is -1.49. The minimum atomic E-state index is -3.13. The largest absolute Gasteiger partial charge is 0.478 e. The Kier molecular flexibility index (Phi) is 3.20. The first-order valence-corrected chi connectivity index (χ1v) is 4.73. The number of hydrogen-bond donors (Lipinski definition) is 3. The van der Waals surface area contributed by atoms with E-state index in [0.29, 0.717) is 12.1 Å². The van der Waals surface area contributed by atoms with Crippen molar-refractivity contribution in [2.45, 2.75) is 0 Å². The Morgan fingerprint density at radius 2 is 1.87 bits per heavy atom. The Morgan fingerprint density at radius 1 is 1.27 bits per heavy atom. The Labute approximate surface area is 84.4 Å². The first-order chi connectivity index (χ1) is 6.91. The summed E-state index contributed by atoms with van der Waals surface area (Å²) in [6, 6.07) is 0.864. The Balaban J connectivity index is 3.25. The molecule has 0 saturated carbocycles. The fourth-order valence-corrected chi connectivity index (χ4v) is 1.26. The third-order valence-electron chi connectivity index (χ3n) is 1.50. The second-order valence-electron chi connectivity index (χ2n) is 2.49. The quantitative estimate of drug-likeness (QED) is 0.672. The zero-order chi connectivity index (χ0) is 11.6. The lowest BCUT2D eigenvalue weighted by atomic mass is 10.2. The molecule has 0 aliphatic carbocycles. The summed E-state index contributed by atoms with van der Waals surface area (Å²) in [6.45, 7) is 0. The van der Waals surface area contributed by atoms with Crippen LogP contribution in [0.3, 0.4) is 0 Å². The lowest BCUT2D eigenvalue weighted by molar-refractivity contribution is 0.0691. The minimum absolute atomic E-state index is 0.402. The maximum atomic E-state index is 13.0. The number of carboxylic acids is 1. The summed E-state index contributed by atoms with van der Waals surface area (Å²) in [7, 11) is -3.13. The number of rotatable bonds is 3. The van der Waals surface area contributed by atoms with Gasteiger partial charge in [0.25, 0.3) is 0 Å². The molecule has 15 heavy (non-hydrogen) atoms. The summed E-state index contributed by atoms with van der Waals surface area (Å²) in [5, 5.41) is 8.42. The molecule has 0 saturated heterocycles. The number of thiol groups is 1. The molecule has 1 aromatic rings. The number of benzene rings is 1. The van der Waals surface area contributed by atoms with Crippen LogP contribution in [0.15, 0.2) is 12.1 Å². The van der Waals surface area contributed by atoms with Crippen LogP contribution in [-0.2, 0) is 10.9 Å². The molecule has 0 fully saturated rings. The van der Waals surface area contributed by atoms with Crippen LogP contribution in [0.2, 0.25) is 0 Å². The molecular formula is C7H5F2NO4S. The van der Waals surface area contributed by atoms with Crippen molar-refractivity contribution in [1.82, 2.24) is 0 Å². The molecule has 0 aliphatic rings. The molecule has 0 aromatic heterocycles. The van der Waals surface area contributed by atoms with Crippen LogP contribution in [0.5, 0.6) is 0 Å². The van der Waals surface area contributed by atoms with Crippen LogP contribution in [0, 0.1) is 11.6 Å². The number of carbonyl (C=O) groups is 1. The van der Waals surface area contributed by atoms with Crippen molar-refractivity contribution in [2.75, 3.05) is 4.72 Å². The molecular weight excluding hydrogens is 232 g/mol. The number of anilines is 1. The predicted octanol–water partition coefficient (Wildman–Crippen LogP) is 0.601. The highest BCUT2D eigenvalue weighted by atomic mass is 32.2. The van der Waals surface area contributed by atoms with E-state index in [9.17, 15) is 22.0 Å². The molecule has 0 spiro atoms. The molecule has 8 heteroatoms. The van der Waals surface area contributed by atoms with Gasteiger partial charge in [-0.3, -0.25) is 4.72 Å². The molecule has 82 valence electrons. The monoisotopic (exact) mass is 237 g/mol. The van der Waals surface area contributed by atoms with Crippen LogP contribution < -0.4 is 4.72 Å². The molecule has 1 aromatic carbocycles. The van der Waals surface area contributed by atoms with E-state index in [0.717, 1.165) is 0 Å². The van der Waals surface area contributed by atoms with E-state index in [1.54, 1.807) is 4.72 Å². The number of carboxylic acid groups (broad SMARTS) is 1. The molecule has 0 radical (unpaired) electrons. The highest BCUT2D eigenvalue weighted by Gasteiger charge is 2.15. The number of hydrogen-bond acceptors (Lipinski definition) is 3. The molecule has 0 unspecified atom stereocenters. The Bertz CT molecular complexity index is 478. The van der Waals surface area contributed by atoms with Gasteiger partial charge in [-0.15, -0.1) is 0 Å². The zero-order valence-electron chi connectivity index (χ0n) is 7.03. The van der Waals surface area contributed by atoms with E-state index in [-0.39, 0.29) is 0 Å². The highest BCUT2D eigenvalue weighted by Crippen LogP contribution is 2.19. The summed E-state index contributed by atoms with van der Waals surface area (Å²) in [4.78, 5) is 10.4. The van der Waals surface area contributed by atoms with Gasteiger partial charge in [0, 0.05) is 6.07 Å². The maximum absolute atomic E-state index is 13.0. The maximum Gasteiger partial charge on any atom is 0.338 e. The second-order valence-corrected chi connectivity index (χ2v) is 3.22. The van der Waals surface area contributed by atoms with Gasteiger partial charge in [-0.05, 0) is 6.07 Å². The van der Waals surface area contributed by atoms with Crippen molar-refractivity contribution in [3.63, 3.8) is 0 Å². The van der Waals surface area contributed by atoms with Gasteiger partial charge < -0.3 is 5.11 Å². The van der Waals surface area contributed by atoms with Crippen molar-refractivity contribution >= 4 is 22.5 Å². The number of aromatic carboxylic acids is 1. The minimum Gasteiger partial charge on any atom is -0.478 e. The van der Waals surface area contributed by atoms with Crippen molar-refractivity contribution in [3.05, 3.63) is 29.3 Å². The van der Waals surface area contributed by atoms with Crippen LogP contribution in [0.4, 0.5) is 14.5 Å². The average molecular weight is 237 g/mol. The highest BCUT2D eigenvalue weighted by molar-refractivity contribution is 7.73. The average Bonchev–Trinajstić information content (AvgIpc) is 2.09. The SMILES string of the molecule is O=C(O)c1cc(F)c(N[SH](=O)=O)cc1F. The van der Waals surface area contributed by atoms with Gasteiger partial charge in [-0.1, -0.05) is 0 Å². The summed E-state index contributed by atoms with van der Waals surface area (Å²) < 4.78 is 47.9.